The summed E-state index contributed by atoms with van der Waals surface area (Å²) in [7, 11) is 0. The second-order valence-corrected chi connectivity index (χ2v) is 2.49. The highest BCUT2D eigenvalue weighted by Gasteiger charge is 2.08. The molecule has 0 saturated heterocycles. The van der Waals surface area contributed by atoms with Crippen molar-refractivity contribution in [3.63, 3.8) is 0 Å². The molecule has 1 rings (SSSR count). The fourth-order valence-electron chi connectivity index (χ4n) is 0.853. The Morgan fingerprint density at radius 3 is 2.42 bits per heavy atom. The number of halogens is 2. The van der Waals surface area contributed by atoms with E-state index in [0.29, 0.717) is 0 Å². The average Bonchev–Trinajstić information content (AvgIpc) is 1.96. The van der Waals surface area contributed by atoms with E-state index < -0.39 is 17.5 Å². The minimum absolute atomic E-state index is 0.196. The molecule has 0 spiro atoms. The van der Waals surface area contributed by atoms with Crippen LogP contribution < -0.4 is 5.73 Å². The lowest BCUT2D eigenvalue weighted by Crippen LogP contribution is -2.13. The zero-order valence-electron chi connectivity index (χ0n) is 6.49. The van der Waals surface area contributed by atoms with Crippen LogP contribution in [0.3, 0.4) is 0 Å². The highest BCUT2D eigenvalue weighted by Crippen LogP contribution is 2.13. The van der Waals surface area contributed by atoms with E-state index >= 15 is 0 Å². The molecule has 0 aliphatic carbocycles. The highest BCUT2D eigenvalue weighted by molar-refractivity contribution is 5.95. The molecule has 0 aromatic heterocycles. The predicted molar refractivity (Wildman–Crippen MR) is 42.1 cm³/mol. The van der Waals surface area contributed by atoms with Crippen molar-refractivity contribution in [2.75, 3.05) is 0 Å². The summed E-state index contributed by atoms with van der Waals surface area (Å²) in [5.41, 5.74) is 5.02. The van der Waals surface area contributed by atoms with E-state index in [1.807, 2.05) is 0 Å². The maximum atomic E-state index is 12.9. The molecule has 3 N–H and O–H groups in total. The number of amidine groups is 1. The number of nitrogens with two attached hydrogens (primary N) is 1. The zero-order chi connectivity index (χ0) is 9.30. The quantitative estimate of drug-likeness (QED) is 0.487. The van der Waals surface area contributed by atoms with E-state index in [-0.39, 0.29) is 11.1 Å². The Labute approximate surface area is 68.5 Å². The van der Waals surface area contributed by atoms with Crippen LogP contribution in [0.4, 0.5) is 8.78 Å². The van der Waals surface area contributed by atoms with Gasteiger partial charge in [-0.3, -0.25) is 5.41 Å². The molecule has 0 aliphatic rings. The Balaban J connectivity index is 3.33. The zero-order valence-corrected chi connectivity index (χ0v) is 6.49. The van der Waals surface area contributed by atoms with Gasteiger partial charge in [0.05, 0.1) is 5.56 Å². The fourth-order valence-corrected chi connectivity index (χ4v) is 0.853. The lowest BCUT2D eigenvalue weighted by Gasteiger charge is -2.02. The molecule has 0 atom stereocenters. The van der Waals surface area contributed by atoms with Crippen LogP contribution in [0.2, 0.25) is 0 Å². The van der Waals surface area contributed by atoms with Crippen molar-refractivity contribution < 1.29 is 8.78 Å². The van der Waals surface area contributed by atoms with Gasteiger partial charge < -0.3 is 5.73 Å². The molecule has 0 amide bonds. The molecule has 2 nitrogen and oxygen atoms in total. The maximum absolute atomic E-state index is 12.9. The van der Waals surface area contributed by atoms with Crippen LogP contribution in [0.5, 0.6) is 0 Å². The van der Waals surface area contributed by atoms with E-state index in [0.717, 1.165) is 12.1 Å². The normalized spacial score (nSPS) is 9.92. The first-order valence-electron chi connectivity index (χ1n) is 3.32. The molecule has 64 valence electrons. The third-order valence-corrected chi connectivity index (χ3v) is 1.54. The number of hydrogen-bond donors (Lipinski definition) is 2. The number of nitrogen functional groups attached to an aromatic ring is 1. The third-order valence-electron chi connectivity index (χ3n) is 1.54. The molecule has 1 aromatic rings. The van der Waals surface area contributed by atoms with Crippen LogP contribution in [-0.4, -0.2) is 5.84 Å². The van der Waals surface area contributed by atoms with Crippen LogP contribution in [0, 0.1) is 24.0 Å². The van der Waals surface area contributed by atoms with Gasteiger partial charge in [0.15, 0.2) is 0 Å². The van der Waals surface area contributed by atoms with Crippen LogP contribution in [-0.2, 0) is 0 Å². The lowest BCUT2D eigenvalue weighted by molar-refractivity contribution is 0.590. The maximum Gasteiger partial charge on any atom is 0.134 e. The molecule has 0 aliphatic heterocycles. The van der Waals surface area contributed by atoms with Gasteiger partial charge in [-0.2, -0.15) is 0 Å². The Kier molecular flexibility index (Phi) is 2.08. The molecule has 0 heterocycles. The number of benzene rings is 1. The smallest absolute Gasteiger partial charge is 0.134 e. The van der Waals surface area contributed by atoms with Crippen molar-refractivity contribution in [3.8, 4) is 0 Å². The topological polar surface area (TPSA) is 49.9 Å². The van der Waals surface area contributed by atoms with Gasteiger partial charge in [0.1, 0.15) is 17.5 Å². The molecule has 0 fully saturated rings. The summed E-state index contributed by atoms with van der Waals surface area (Å²) in [4.78, 5) is 0. The standard InChI is InChI=1S/C8H8F2N2/c1-4-2-7(10)5(8(11)12)3-6(4)9/h2-3H,1H3,(H3,11,12). The minimum atomic E-state index is -0.665. The first-order chi connectivity index (χ1) is 5.52. The van der Waals surface area contributed by atoms with Crippen LogP contribution in [0.1, 0.15) is 11.1 Å². The molecular formula is C8H8F2N2. The molecule has 12 heavy (non-hydrogen) atoms. The van der Waals surface area contributed by atoms with Gasteiger partial charge in [-0.25, -0.2) is 8.78 Å². The SMILES string of the molecule is Cc1cc(F)c(C(=N)N)cc1F. The lowest BCUT2D eigenvalue weighted by atomic mass is 10.1. The fraction of sp³-hybridized carbons (Fsp3) is 0.125. The van der Waals surface area contributed by atoms with Gasteiger partial charge in [0.2, 0.25) is 0 Å². The second kappa shape index (κ2) is 2.89. The highest BCUT2D eigenvalue weighted by atomic mass is 19.1. The summed E-state index contributed by atoms with van der Waals surface area (Å²) in [5.74, 6) is -1.69. The van der Waals surface area contributed by atoms with E-state index in [1.54, 1.807) is 0 Å². The molecule has 1 aromatic carbocycles. The van der Waals surface area contributed by atoms with E-state index in [9.17, 15) is 8.78 Å². The average molecular weight is 170 g/mol. The Morgan fingerprint density at radius 1 is 1.33 bits per heavy atom. The monoisotopic (exact) mass is 170 g/mol. The molecule has 4 heteroatoms. The Morgan fingerprint density at radius 2 is 1.92 bits per heavy atom. The number of nitrogens with one attached hydrogen (secondary N) is 1. The van der Waals surface area contributed by atoms with Crippen LogP contribution in [0.15, 0.2) is 12.1 Å². The molecule has 0 bridgehead atoms. The Bertz CT molecular complexity index is 334. The van der Waals surface area contributed by atoms with Crippen molar-refractivity contribution in [2.24, 2.45) is 5.73 Å². The Hall–Kier alpha value is -1.45. The minimum Gasteiger partial charge on any atom is -0.384 e. The number of rotatable bonds is 1. The van der Waals surface area contributed by atoms with Crippen molar-refractivity contribution in [2.45, 2.75) is 6.92 Å². The molecule has 0 radical (unpaired) electrons. The van der Waals surface area contributed by atoms with Crippen LogP contribution >= 0.6 is 0 Å². The summed E-state index contributed by atoms with van der Waals surface area (Å²) >= 11 is 0. The largest absolute Gasteiger partial charge is 0.384 e. The second-order valence-electron chi connectivity index (χ2n) is 2.49. The van der Waals surface area contributed by atoms with Crippen molar-refractivity contribution in [1.82, 2.24) is 0 Å². The van der Waals surface area contributed by atoms with Gasteiger partial charge in [0, 0.05) is 0 Å². The summed E-state index contributed by atoms with van der Waals surface area (Å²) in [6.07, 6.45) is 0. The number of aryl methyl sites for hydroxylation is 1. The van der Waals surface area contributed by atoms with Crippen molar-refractivity contribution in [1.29, 1.82) is 5.41 Å². The first kappa shape index (κ1) is 8.64. The summed E-state index contributed by atoms with van der Waals surface area (Å²) in [6, 6.07) is 1.94. The van der Waals surface area contributed by atoms with Gasteiger partial charge in [-0.15, -0.1) is 0 Å². The van der Waals surface area contributed by atoms with Gasteiger partial charge in [-0.05, 0) is 24.6 Å². The van der Waals surface area contributed by atoms with Crippen molar-refractivity contribution in [3.05, 3.63) is 34.9 Å². The van der Waals surface area contributed by atoms with Crippen molar-refractivity contribution >= 4 is 5.84 Å². The predicted octanol–water partition coefficient (Wildman–Crippen LogP) is 1.56. The van der Waals surface area contributed by atoms with Gasteiger partial charge in [-0.1, -0.05) is 0 Å². The summed E-state index contributed by atoms with van der Waals surface area (Å²) in [5, 5.41) is 6.91. The summed E-state index contributed by atoms with van der Waals surface area (Å²) < 4.78 is 25.7. The molecule has 0 unspecified atom stereocenters. The van der Waals surface area contributed by atoms with E-state index in [2.05, 4.69) is 0 Å². The third kappa shape index (κ3) is 1.42. The van der Waals surface area contributed by atoms with Gasteiger partial charge >= 0.3 is 0 Å². The summed E-state index contributed by atoms with van der Waals surface area (Å²) in [6.45, 7) is 1.45. The van der Waals surface area contributed by atoms with Gasteiger partial charge in [0.25, 0.3) is 0 Å². The van der Waals surface area contributed by atoms with E-state index in [4.69, 9.17) is 11.1 Å². The van der Waals surface area contributed by atoms with E-state index in [1.165, 1.54) is 6.92 Å². The molecule has 0 saturated carbocycles. The first-order valence-corrected chi connectivity index (χ1v) is 3.32. The number of hydrogen-bond acceptors (Lipinski definition) is 1. The van der Waals surface area contributed by atoms with Crippen LogP contribution in [0.25, 0.3) is 0 Å². The molecular weight excluding hydrogens is 162 g/mol.